The number of nitrogens with zero attached hydrogens (tertiary/aromatic N) is 2. The third-order valence-corrected chi connectivity index (χ3v) is 5.10. The number of hydrogen-bond acceptors (Lipinski definition) is 4. The van der Waals surface area contributed by atoms with Crippen molar-refractivity contribution < 1.29 is 18.0 Å². The summed E-state index contributed by atoms with van der Waals surface area (Å²) < 4.78 is 41.4. The summed E-state index contributed by atoms with van der Waals surface area (Å²) in [7, 11) is 0. The topological polar surface area (TPSA) is 72.4 Å². The molecule has 1 amide bonds. The van der Waals surface area contributed by atoms with Crippen LogP contribution in [0.4, 0.5) is 24.7 Å². The van der Waals surface area contributed by atoms with Crippen LogP contribution in [-0.4, -0.2) is 21.0 Å². The normalized spacial score (nSPS) is 11.7. The zero-order valence-electron chi connectivity index (χ0n) is 14.0. The number of hydrogen-bond donors (Lipinski definition) is 2. The summed E-state index contributed by atoms with van der Waals surface area (Å²) in [6.45, 7) is 1.94. The Bertz CT molecular complexity index is 1020. The van der Waals surface area contributed by atoms with Crippen molar-refractivity contribution in [2.45, 2.75) is 18.1 Å². The predicted octanol–water partition coefficient (Wildman–Crippen LogP) is 5.06. The maximum Gasteiger partial charge on any atom is 0.416 e. The van der Waals surface area contributed by atoms with Crippen molar-refractivity contribution in [1.29, 1.82) is 0 Å². The van der Waals surface area contributed by atoms with E-state index >= 15 is 0 Å². The molecule has 3 N–H and O–H groups in total. The number of anilines is 2. The van der Waals surface area contributed by atoms with E-state index < -0.39 is 17.6 Å². The quantitative estimate of drug-likeness (QED) is 0.423. The highest BCUT2D eigenvalue weighted by Gasteiger charge is 2.31. The number of fused-ring (bicyclic) bond motifs is 1. The van der Waals surface area contributed by atoms with Crippen LogP contribution in [0.15, 0.2) is 46.0 Å². The first kappa shape index (κ1) is 19.6. The minimum absolute atomic E-state index is 0.0447. The van der Waals surface area contributed by atoms with Gasteiger partial charge in [0.1, 0.15) is 10.7 Å². The minimum atomic E-state index is -4.57. The number of pyridine rings is 1. The molecule has 142 valence electrons. The highest BCUT2D eigenvalue weighted by molar-refractivity contribution is 9.10. The van der Waals surface area contributed by atoms with E-state index in [1.807, 2.05) is 6.92 Å². The molecule has 0 atom stereocenters. The van der Waals surface area contributed by atoms with Gasteiger partial charge in [0.15, 0.2) is 5.82 Å². The van der Waals surface area contributed by atoms with Crippen LogP contribution in [0.1, 0.15) is 22.8 Å². The van der Waals surface area contributed by atoms with E-state index in [-0.39, 0.29) is 17.1 Å². The second kappa shape index (κ2) is 7.43. The van der Waals surface area contributed by atoms with Gasteiger partial charge in [0, 0.05) is 16.4 Å². The van der Waals surface area contributed by atoms with Gasteiger partial charge in [0.25, 0.3) is 5.91 Å². The van der Waals surface area contributed by atoms with E-state index in [9.17, 15) is 18.0 Å². The fourth-order valence-corrected chi connectivity index (χ4v) is 3.59. The third-order valence-electron chi connectivity index (χ3n) is 3.68. The van der Waals surface area contributed by atoms with Crippen LogP contribution in [0.25, 0.3) is 5.65 Å². The molecular weight excluding hydrogens is 445 g/mol. The number of rotatable bonds is 4. The first-order valence-electron chi connectivity index (χ1n) is 7.79. The number of alkyl halides is 3. The maximum absolute atomic E-state index is 12.9. The Hall–Kier alpha value is -2.20. The maximum atomic E-state index is 12.9. The Balaban J connectivity index is 2.00. The van der Waals surface area contributed by atoms with Crippen LogP contribution in [0, 0.1) is 0 Å². The SMILES string of the molecule is CCSc1c(NC(=O)c2cc(C(F)(F)F)ccc2N)nc2ccc(Br)cn12. The van der Waals surface area contributed by atoms with Crippen molar-refractivity contribution >= 4 is 50.8 Å². The van der Waals surface area contributed by atoms with E-state index in [4.69, 9.17) is 5.73 Å². The van der Waals surface area contributed by atoms with Crippen molar-refractivity contribution in [1.82, 2.24) is 9.38 Å². The molecule has 27 heavy (non-hydrogen) atoms. The molecule has 0 spiro atoms. The summed E-state index contributed by atoms with van der Waals surface area (Å²) in [5.74, 6) is 0.232. The summed E-state index contributed by atoms with van der Waals surface area (Å²) >= 11 is 4.83. The van der Waals surface area contributed by atoms with Crippen molar-refractivity contribution in [2.24, 2.45) is 0 Å². The largest absolute Gasteiger partial charge is 0.416 e. The van der Waals surface area contributed by atoms with Crippen LogP contribution in [0.2, 0.25) is 0 Å². The second-order valence-electron chi connectivity index (χ2n) is 5.53. The molecule has 0 fully saturated rings. The molecule has 0 bridgehead atoms. The molecule has 0 aliphatic rings. The van der Waals surface area contributed by atoms with Gasteiger partial charge in [-0.1, -0.05) is 6.92 Å². The molecule has 1 aromatic carbocycles. The lowest BCUT2D eigenvalue weighted by atomic mass is 10.1. The smallest absolute Gasteiger partial charge is 0.398 e. The average Bonchev–Trinajstić information content (AvgIpc) is 2.91. The molecule has 0 unspecified atom stereocenters. The fourth-order valence-electron chi connectivity index (χ4n) is 2.46. The van der Waals surface area contributed by atoms with Gasteiger partial charge < -0.3 is 11.1 Å². The molecule has 0 saturated carbocycles. The van der Waals surface area contributed by atoms with Gasteiger partial charge in [-0.05, 0) is 52.0 Å². The monoisotopic (exact) mass is 458 g/mol. The highest BCUT2D eigenvalue weighted by Crippen LogP contribution is 2.33. The highest BCUT2D eigenvalue weighted by atomic mass is 79.9. The number of carbonyl (C=O) groups is 1. The van der Waals surface area contributed by atoms with E-state index in [1.165, 1.54) is 11.8 Å². The lowest BCUT2D eigenvalue weighted by Gasteiger charge is -2.11. The number of carbonyl (C=O) groups excluding carboxylic acids is 1. The molecule has 0 radical (unpaired) electrons. The number of thioether (sulfide) groups is 1. The van der Waals surface area contributed by atoms with Crippen molar-refractivity contribution in [3.05, 3.63) is 52.1 Å². The molecule has 0 aliphatic heterocycles. The van der Waals surface area contributed by atoms with Crippen LogP contribution in [0.5, 0.6) is 0 Å². The number of imidazole rings is 1. The van der Waals surface area contributed by atoms with Gasteiger partial charge in [0.2, 0.25) is 0 Å². The predicted molar refractivity (Wildman–Crippen MR) is 103 cm³/mol. The number of amides is 1. The molecule has 2 aromatic heterocycles. The van der Waals surface area contributed by atoms with Gasteiger partial charge in [-0.15, -0.1) is 11.8 Å². The Labute approximate surface area is 165 Å². The Morgan fingerprint density at radius 2 is 2.07 bits per heavy atom. The Kier molecular flexibility index (Phi) is 5.38. The summed E-state index contributed by atoms with van der Waals surface area (Å²) in [5, 5.41) is 3.26. The number of halogens is 4. The summed E-state index contributed by atoms with van der Waals surface area (Å²) in [5.41, 5.74) is 5.07. The van der Waals surface area contributed by atoms with Crippen molar-refractivity contribution in [2.75, 3.05) is 16.8 Å². The lowest BCUT2D eigenvalue weighted by molar-refractivity contribution is -0.137. The summed E-state index contributed by atoms with van der Waals surface area (Å²) in [4.78, 5) is 17.0. The first-order valence-corrected chi connectivity index (χ1v) is 9.57. The number of benzene rings is 1. The number of nitrogens with one attached hydrogen (secondary N) is 1. The van der Waals surface area contributed by atoms with E-state index in [0.29, 0.717) is 10.7 Å². The number of nitrogen functional groups attached to an aromatic ring is 1. The van der Waals surface area contributed by atoms with Crippen LogP contribution in [0.3, 0.4) is 0 Å². The van der Waals surface area contributed by atoms with Gasteiger partial charge in [-0.2, -0.15) is 13.2 Å². The molecular formula is C17H14BrF3N4OS. The summed E-state index contributed by atoms with van der Waals surface area (Å²) in [6, 6.07) is 6.22. The molecule has 3 rings (SSSR count). The molecule has 0 aliphatic carbocycles. The molecule has 10 heteroatoms. The Morgan fingerprint density at radius 3 is 2.74 bits per heavy atom. The second-order valence-corrected chi connectivity index (χ2v) is 7.70. The van der Waals surface area contributed by atoms with Crippen molar-refractivity contribution in [3.63, 3.8) is 0 Å². The lowest BCUT2D eigenvalue weighted by Crippen LogP contribution is -2.16. The van der Waals surface area contributed by atoms with Crippen LogP contribution in [-0.2, 0) is 6.18 Å². The van der Waals surface area contributed by atoms with Gasteiger partial charge in [-0.25, -0.2) is 4.98 Å². The Morgan fingerprint density at radius 1 is 1.33 bits per heavy atom. The van der Waals surface area contributed by atoms with Crippen LogP contribution >= 0.6 is 27.7 Å². The number of aromatic nitrogens is 2. The van der Waals surface area contributed by atoms with Crippen molar-refractivity contribution in [3.8, 4) is 0 Å². The minimum Gasteiger partial charge on any atom is -0.398 e. The number of nitrogens with two attached hydrogens (primary N) is 1. The van der Waals surface area contributed by atoms with Gasteiger partial charge >= 0.3 is 6.18 Å². The molecule has 0 saturated heterocycles. The zero-order valence-corrected chi connectivity index (χ0v) is 16.4. The summed E-state index contributed by atoms with van der Waals surface area (Å²) in [6.07, 6.45) is -2.77. The average molecular weight is 459 g/mol. The fraction of sp³-hybridized carbons (Fsp3) is 0.176. The van der Waals surface area contributed by atoms with E-state index in [2.05, 4.69) is 26.2 Å². The van der Waals surface area contributed by atoms with Crippen LogP contribution < -0.4 is 11.1 Å². The molecule has 3 aromatic rings. The first-order chi connectivity index (χ1) is 12.7. The standard InChI is InChI=1S/C17H14BrF3N4OS/c1-2-27-16-14(23-13-6-4-10(18)8-25(13)16)24-15(26)11-7-9(17(19,20)21)3-5-12(11)22/h3-8H,2,22H2,1H3,(H,24,26). The molecule has 5 nitrogen and oxygen atoms in total. The van der Waals surface area contributed by atoms with E-state index in [1.54, 1.807) is 22.7 Å². The molecule has 2 heterocycles. The van der Waals surface area contributed by atoms with E-state index in [0.717, 1.165) is 28.4 Å². The van der Waals surface area contributed by atoms with Gasteiger partial charge in [0.05, 0.1) is 11.1 Å². The van der Waals surface area contributed by atoms with Gasteiger partial charge in [-0.3, -0.25) is 9.20 Å². The zero-order chi connectivity index (χ0) is 19.8. The third kappa shape index (κ3) is 4.06.